The van der Waals surface area contributed by atoms with Gasteiger partial charge in [0.1, 0.15) is 5.54 Å². The van der Waals surface area contributed by atoms with Crippen LogP contribution in [0.4, 0.5) is 0 Å². The lowest BCUT2D eigenvalue weighted by molar-refractivity contribution is -0.157. The molecule has 5 heteroatoms. The summed E-state index contributed by atoms with van der Waals surface area (Å²) in [6.45, 7) is 4.70. The summed E-state index contributed by atoms with van der Waals surface area (Å²) < 4.78 is 0. The van der Waals surface area contributed by atoms with Gasteiger partial charge in [-0.15, -0.1) is 0 Å². The van der Waals surface area contributed by atoms with Crippen molar-refractivity contribution in [2.45, 2.75) is 32.4 Å². The SMILES string of the molecule is CC(C(=O)N(C)C(C)(C)C(=O)O)C(N)c1ccccc1. The maximum Gasteiger partial charge on any atom is 0.329 e. The van der Waals surface area contributed by atoms with Crippen molar-refractivity contribution < 1.29 is 14.7 Å². The fourth-order valence-electron chi connectivity index (χ4n) is 1.84. The lowest BCUT2D eigenvalue weighted by Gasteiger charge is -2.34. The molecule has 3 N–H and O–H groups in total. The van der Waals surface area contributed by atoms with Gasteiger partial charge in [0.2, 0.25) is 5.91 Å². The zero-order valence-electron chi connectivity index (χ0n) is 12.3. The highest BCUT2D eigenvalue weighted by atomic mass is 16.4. The van der Waals surface area contributed by atoms with Crippen LogP contribution in [0, 0.1) is 5.92 Å². The summed E-state index contributed by atoms with van der Waals surface area (Å²) in [7, 11) is 1.49. The van der Waals surface area contributed by atoms with E-state index in [9.17, 15) is 14.7 Å². The van der Waals surface area contributed by atoms with Crippen molar-refractivity contribution in [2.75, 3.05) is 7.05 Å². The number of benzene rings is 1. The van der Waals surface area contributed by atoms with E-state index in [1.807, 2.05) is 30.3 Å². The second-order valence-electron chi connectivity index (χ2n) is 5.49. The lowest BCUT2D eigenvalue weighted by atomic mass is 9.92. The Balaban J connectivity index is 2.89. The zero-order valence-corrected chi connectivity index (χ0v) is 12.3. The Kier molecular flexibility index (Phi) is 4.89. The van der Waals surface area contributed by atoms with Crippen molar-refractivity contribution in [3.63, 3.8) is 0 Å². The topological polar surface area (TPSA) is 83.6 Å². The normalized spacial score (nSPS) is 14.4. The summed E-state index contributed by atoms with van der Waals surface area (Å²) in [5.41, 5.74) is 5.70. The molecule has 5 nitrogen and oxygen atoms in total. The molecular formula is C15H22N2O3. The van der Waals surface area contributed by atoms with Crippen LogP contribution in [0.5, 0.6) is 0 Å². The summed E-state index contributed by atoms with van der Waals surface area (Å²) in [5, 5.41) is 9.17. The Bertz CT molecular complexity index is 485. The van der Waals surface area contributed by atoms with Crippen LogP contribution in [0.1, 0.15) is 32.4 Å². The van der Waals surface area contributed by atoms with Gasteiger partial charge in [0, 0.05) is 13.1 Å². The van der Waals surface area contributed by atoms with Gasteiger partial charge in [-0.25, -0.2) is 4.79 Å². The first kappa shape index (κ1) is 16.2. The van der Waals surface area contributed by atoms with E-state index in [0.717, 1.165) is 5.56 Å². The van der Waals surface area contributed by atoms with Gasteiger partial charge in [0.15, 0.2) is 0 Å². The number of hydrogen-bond donors (Lipinski definition) is 2. The number of carbonyl (C=O) groups excluding carboxylic acids is 1. The van der Waals surface area contributed by atoms with Crippen LogP contribution in [0.15, 0.2) is 30.3 Å². The number of carboxylic acids is 1. The molecule has 20 heavy (non-hydrogen) atoms. The molecule has 0 radical (unpaired) electrons. The van der Waals surface area contributed by atoms with Crippen molar-refractivity contribution in [1.82, 2.24) is 4.90 Å². The maximum atomic E-state index is 12.4. The van der Waals surface area contributed by atoms with E-state index in [4.69, 9.17) is 5.73 Å². The molecule has 0 aromatic heterocycles. The van der Waals surface area contributed by atoms with E-state index >= 15 is 0 Å². The average molecular weight is 278 g/mol. The molecule has 0 fully saturated rings. The van der Waals surface area contributed by atoms with Crippen molar-refractivity contribution >= 4 is 11.9 Å². The van der Waals surface area contributed by atoms with Gasteiger partial charge in [0.25, 0.3) is 0 Å². The van der Waals surface area contributed by atoms with Crippen LogP contribution in [0.2, 0.25) is 0 Å². The number of likely N-dealkylation sites (N-methyl/N-ethyl adjacent to an activating group) is 1. The van der Waals surface area contributed by atoms with Gasteiger partial charge in [-0.1, -0.05) is 37.3 Å². The predicted octanol–water partition coefficient (Wildman–Crippen LogP) is 1.64. The summed E-state index contributed by atoms with van der Waals surface area (Å²) in [4.78, 5) is 24.8. The molecule has 0 aliphatic rings. The minimum Gasteiger partial charge on any atom is -0.480 e. The number of hydrogen-bond acceptors (Lipinski definition) is 3. The molecule has 110 valence electrons. The summed E-state index contributed by atoms with van der Waals surface area (Å²) in [6, 6.07) is 8.85. The molecule has 1 amide bonds. The van der Waals surface area contributed by atoms with Crippen molar-refractivity contribution in [3.05, 3.63) is 35.9 Å². The molecule has 1 aromatic carbocycles. The number of carboxylic acid groups (broad SMARTS) is 1. The summed E-state index contributed by atoms with van der Waals surface area (Å²) in [6.07, 6.45) is 0. The minimum absolute atomic E-state index is 0.284. The van der Waals surface area contributed by atoms with Gasteiger partial charge in [-0.05, 0) is 19.4 Å². The quantitative estimate of drug-likeness (QED) is 0.857. The summed E-state index contributed by atoms with van der Waals surface area (Å²) in [5.74, 6) is -1.83. The number of nitrogens with zero attached hydrogens (tertiary/aromatic N) is 1. The van der Waals surface area contributed by atoms with Gasteiger partial charge >= 0.3 is 5.97 Å². The van der Waals surface area contributed by atoms with Crippen LogP contribution in [0.25, 0.3) is 0 Å². The summed E-state index contributed by atoms with van der Waals surface area (Å²) >= 11 is 0. The molecule has 1 rings (SSSR count). The Morgan fingerprint density at radius 3 is 2.20 bits per heavy atom. The number of rotatable bonds is 5. The molecule has 0 saturated heterocycles. The van der Waals surface area contributed by atoms with Gasteiger partial charge < -0.3 is 15.7 Å². The van der Waals surface area contributed by atoms with E-state index in [-0.39, 0.29) is 5.91 Å². The maximum absolute atomic E-state index is 12.4. The third-order valence-electron chi connectivity index (χ3n) is 3.81. The zero-order chi connectivity index (χ0) is 15.5. The number of aliphatic carboxylic acids is 1. The van der Waals surface area contributed by atoms with Crippen LogP contribution >= 0.6 is 0 Å². The molecule has 2 unspecified atom stereocenters. The molecule has 0 aliphatic carbocycles. The minimum atomic E-state index is -1.26. The first-order valence-electron chi connectivity index (χ1n) is 6.51. The van der Waals surface area contributed by atoms with E-state index in [1.165, 1.54) is 25.8 Å². The Morgan fingerprint density at radius 2 is 1.75 bits per heavy atom. The van der Waals surface area contributed by atoms with E-state index < -0.39 is 23.5 Å². The Labute approximate surface area is 119 Å². The average Bonchev–Trinajstić information content (AvgIpc) is 2.44. The standard InChI is InChI=1S/C15H22N2O3/c1-10(12(16)11-8-6-5-7-9-11)13(18)17(4)15(2,3)14(19)20/h5-10,12H,16H2,1-4H3,(H,19,20). The van der Waals surface area contributed by atoms with Gasteiger partial charge in [-0.2, -0.15) is 0 Å². The fraction of sp³-hybridized carbons (Fsp3) is 0.467. The third-order valence-corrected chi connectivity index (χ3v) is 3.81. The third kappa shape index (κ3) is 3.17. The second-order valence-corrected chi connectivity index (χ2v) is 5.49. The molecule has 2 atom stereocenters. The first-order chi connectivity index (χ1) is 9.19. The van der Waals surface area contributed by atoms with Crippen molar-refractivity contribution in [3.8, 4) is 0 Å². The monoisotopic (exact) mass is 278 g/mol. The van der Waals surface area contributed by atoms with E-state index in [1.54, 1.807) is 6.92 Å². The van der Waals surface area contributed by atoms with Crippen LogP contribution in [0.3, 0.4) is 0 Å². The number of nitrogens with two attached hydrogens (primary N) is 1. The molecule has 0 saturated carbocycles. The predicted molar refractivity (Wildman–Crippen MR) is 77.0 cm³/mol. The molecule has 1 aromatic rings. The van der Waals surface area contributed by atoms with Crippen LogP contribution in [-0.2, 0) is 9.59 Å². The molecule has 0 heterocycles. The van der Waals surface area contributed by atoms with Crippen molar-refractivity contribution in [2.24, 2.45) is 11.7 Å². The van der Waals surface area contributed by atoms with Gasteiger partial charge in [0.05, 0.1) is 5.92 Å². The number of amides is 1. The van der Waals surface area contributed by atoms with Crippen LogP contribution < -0.4 is 5.73 Å². The number of carbonyl (C=O) groups is 2. The van der Waals surface area contributed by atoms with Crippen molar-refractivity contribution in [1.29, 1.82) is 0 Å². The lowest BCUT2D eigenvalue weighted by Crippen LogP contribution is -2.53. The Morgan fingerprint density at radius 1 is 1.25 bits per heavy atom. The molecule has 0 bridgehead atoms. The van der Waals surface area contributed by atoms with Crippen LogP contribution in [-0.4, -0.2) is 34.5 Å². The molecule has 0 aliphatic heterocycles. The first-order valence-corrected chi connectivity index (χ1v) is 6.51. The van der Waals surface area contributed by atoms with E-state index in [2.05, 4.69) is 0 Å². The Hall–Kier alpha value is -1.88. The molecule has 0 spiro atoms. The van der Waals surface area contributed by atoms with Gasteiger partial charge in [-0.3, -0.25) is 4.79 Å². The highest BCUT2D eigenvalue weighted by Crippen LogP contribution is 2.24. The second kappa shape index (κ2) is 6.05. The highest BCUT2D eigenvalue weighted by molar-refractivity contribution is 5.87. The van der Waals surface area contributed by atoms with E-state index in [0.29, 0.717) is 0 Å². The highest BCUT2D eigenvalue weighted by Gasteiger charge is 2.38. The molecular weight excluding hydrogens is 256 g/mol. The smallest absolute Gasteiger partial charge is 0.329 e. The largest absolute Gasteiger partial charge is 0.480 e. The fourth-order valence-corrected chi connectivity index (χ4v) is 1.84.